The van der Waals surface area contributed by atoms with E-state index in [4.69, 9.17) is 16.3 Å². The Morgan fingerprint density at radius 3 is 2.62 bits per heavy atom. The molecular formula is C14H13ClF2N2O2. The van der Waals surface area contributed by atoms with Gasteiger partial charge in [-0.25, -0.2) is 13.6 Å². The van der Waals surface area contributed by atoms with Gasteiger partial charge in [0.2, 0.25) is 0 Å². The lowest BCUT2D eigenvalue weighted by Crippen LogP contribution is -2.11. The fourth-order valence-electron chi connectivity index (χ4n) is 1.88. The van der Waals surface area contributed by atoms with Crippen molar-refractivity contribution in [3.05, 3.63) is 52.3 Å². The number of esters is 1. The predicted molar refractivity (Wildman–Crippen MR) is 73.7 cm³/mol. The highest BCUT2D eigenvalue weighted by molar-refractivity contribution is 6.30. The molecule has 0 radical (unpaired) electrons. The Morgan fingerprint density at radius 2 is 2.05 bits per heavy atom. The van der Waals surface area contributed by atoms with Crippen LogP contribution in [0.15, 0.2) is 30.5 Å². The quantitative estimate of drug-likeness (QED) is 0.790. The number of ether oxygens (including phenoxy) is 1. The summed E-state index contributed by atoms with van der Waals surface area (Å²) in [6, 6.07) is 6.75. The molecule has 21 heavy (non-hydrogen) atoms. The zero-order valence-electron chi connectivity index (χ0n) is 11.2. The fraction of sp³-hybridized carbons (Fsp3) is 0.286. The van der Waals surface area contributed by atoms with E-state index in [0.29, 0.717) is 5.02 Å². The Kier molecular flexibility index (Phi) is 4.90. The normalized spacial score (nSPS) is 10.9. The third-order valence-corrected chi connectivity index (χ3v) is 3.08. The molecule has 1 aromatic carbocycles. The van der Waals surface area contributed by atoms with Gasteiger partial charge in [0, 0.05) is 5.02 Å². The summed E-state index contributed by atoms with van der Waals surface area (Å²) in [5, 5.41) is 4.42. The molecule has 1 heterocycles. The predicted octanol–water partition coefficient (Wildman–Crippen LogP) is 3.70. The number of benzene rings is 1. The van der Waals surface area contributed by atoms with E-state index in [-0.39, 0.29) is 18.7 Å². The molecule has 0 saturated carbocycles. The Labute approximate surface area is 125 Å². The number of aromatic nitrogens is 2. The zero-order chi connectivity index (χ0) is 15.4. The van der Waals surface area contributed by atoms with Crippen LogP contribution in [-0.2, 0) is 11.3 Å². The first-order chi connectivity index (χ1) is 10.0. The van der Waals surface area contributed by atoms with Crippen LogP contribution in [0.1, 0.15) is 35.0 Å². The number of nitrogens with zero attached hydrogens (tertiary/aromatic N) is 2. The van der Waals surface area contributed by atoms with E-state index < -0.39 is 18.1 Å². The number of halogens is 3. The van der Waals surface area contributed by atoms with E-state index in [1.54, 1.807) is 31.2 Å². The minimum atomic E-state index is -2.82. The maximum Gasteiger partial charge on any atom is 0.341 e. The van der Waals surface area contributed by atoms with Crippen LogP contribution in [-0.4, -0.2) is 22.4 Å². The Hall–Kier alpha value is -1.95. The highest BCUT2D eigenvalue weighted by atomic mass is 35.5. The molecule has 0 saturated heterocycles. The van der Waals surface area contributed by atoms with Gasteiger partial charge in [-0.1, -0.05) is 23.7 Å². The van der Waals surface area contributed by atoms with Crippen LogP contribution in [0.2, 0.25) is 5.02 Å². The topological polar surface area (TPSA) is 44.1 Å². The Balaban J connectivity index is 2.31. The van der Waals surface area contributed by atoms with Gasteiger partial charge in [-0.3, -0.25) is 4.68 Å². The molecule has 0 atom stereocenters. The first-order valence-electron chi connectivity index (χ1n) is 6.28. The van der Waals surface area contributed by atoms with E-state index in [0.717, 1.165) is 16.4 Å². The summed E-state index contributed by atoms with van der Waals surface area (Å²) < 4.78 is 32.3. The largest absolute Gasteiger partial charge is 0.462 e. The average Bonchev–Trinajstić information content (AvgIpc) is 2.85. The van der Waals surface area contributed by atoms with Crippen molar-refractivity contribution < 1.29 is 18.3 Å². The van der Waals surface area contributed by atoms with Crippen LogP contribution in [0, 0.1) is 0 Å². The number of hydrogen-bond donors (Lipinski definition) is 0. The van der Waals surface area contributed by atoms with Crippen LogP contribution in [0.4, 0.5) is 8.78 Å². The van der Waals surface area contributed by atoms with Crippen LogP contribution in [0.5, 0.6) is 0 Å². The Morgan fingerprint density at radius 1 is 1.38 bits per heavy atom. The van der Waals surface area contributed by atoms with Gasteiger partial charge in [0.15, 0.2) is 0 Å². The summed E-state index contributed by atoms with van der Waals surface area (Å²) in [6.45, 7) is 1.85. The molecule has 0 fully saturated rings. The lowest BCUT2D eigenvalue weighted by molar-refractivity contribution is 0.0513. The molecule has 0 aliphatic heterocycles. The fourth-order valence-corrected chi connectivity index (χ4v) is 2.01. The highest BCUT2D eigenvalue weighted by Crippen LogP contribution is 2.24. The SMILES string of the molecule is CCOC(=O)c1cnn(Cc2ccc(Cl)cc2)c1C(F)F. The van der Waals surface area contributed by atoms with E-state index in [1.807, 2.05) is 0 Å². The zero-order valence-corrected chi connectivity index (χ0v) is 12.0. The molecule has 0 unspecified atom stereocenters. The summed E-state index contributed by atoms with van der Waals surface area (Å²) in [5.74, 6) is -0.796. The second kappa shape index (κ2) is 6.67. The molecule has 0 spiro atoms. The number of rotatable bonds is 5. The molecule has 0 aliphatic carbocycles. The first-order valence-corrected chi connectivity index (χ1v) is 6.66. The van der Waals surface area contributed by atoms with Gasteiger partial charge in [-0.15, -0.1) is 0 Å². The summed E-state index contributed by atoms with van der Waals surface area (Å²) in [6.07, 6.45) is -1.71. The van der Waals surface area contributed by atoms with Gasteiger partial charge in [0.05, 0.1) is 19.3 Å². The first kappa shape index (κ1) is 15.4. The van der Waals surface area contributed by atoms with E-state index in [2.05, 4.69) is 5.10 Å². The summed E-state index contributed by atoms with van der Waals surface area (Å²) in [5.41, 5.74) is 0.101. The smallest absolute Gasteiger partial charge is 0.341 e. The van der Waals surface area contributed by atoms with Crippen molar-refractivity contribution in [1.82, 2.24) is 9.78 Å². The van der Waals surface area contributed by atoms with Crippen molar-refractivity contribution in [2.45, 2.75) is 19.9 Å². The molecule has 2 aromatic rings. The van der Waals surface area contributed by atoms with Crippen molar-refractivity contribution in [3.8, 4) is 0 Å². The highest BCUT2D eigenvalue weighted by Gasteiger charge is 2.25. The summed E-state index contributed by atoms with van der Waals surface area (Å²) in [4.78, 5) is 11.7. The van der Waals surface area contributed by atoms with Crippen molar-refractivity contribution >= 4 is 17.6 Å². The molecule has 0 aliphatic rings. The molecule has 0 amide bonds. The molecule has 0 bridgehead atoms. The molecule has 1 aromatic heterocycles. The maximum atomic E-state index is 13.2. The number of hydrogen-bond acceptors (Lipinski definition) is 3. The number of carbonyl (C=O) groups is 1. The van der Waals surface area contributed by atoms with Crippen molar-refractivity contribution in [3.63, 3.8) is 0 Å². The number of carbonyl (C=O) groups excluding carboxylic acids is 1. The van der Waals surface area contributed by atoms with Gasteiger partial charge in [0.25, 0.3) is 6.43 Å². The second-order valence-electron chi connectivity index (χ2n) is 4.25. The molecule has 7 heteroatoms. The minimum Gasteiger partial charge on any atom is -0.462 e. The lowest BCUT2D eigenvalue weighted by atomic mass is 10.2. The number of alkyl halides is 2. The van der Waals surface area contributed by atoms with E-state index in [1.165, 1.54) is 0 Å². The van der Waals surface area contributed by atoms with Crippen molar-refractivity contribution in [2.75, 3.05) is 6.61 Å². The van der Waals surface area contributed by atoms with Crippen LogP contribution in [0.3, 0.4) is 0 Å². The van der Waals surface area contributed by atoms with Crippen molar-refractivity contribution in [2.24, 2.45) is 0 Å². The second-order valence-corrected chi connectivity index (χ2v) is 4.69. The van der Waals surface area contributed by atoms with Gasteiger partial charge >= 0.3 is 5.97 Å². The van der Waals surface area contributed by atoms with Crippen LogP contribution < -0.4 is 0 Å². The lowest BCUT2D eigenvalue weighted by Gasteiger charge is -2.09. The average molecular weight is 315 g/mol. The third kappa shape index (κ3) is 3.58. The summed E-state index contributed by atoms with van der Waals surface area (Å²) >= 11 is 5.77. The van der Waals surface area contributed by atoms with Crippen molar-refractivity contribution in [1.29, 1.82) is 0 Å². The maximum absolute atomic E-state index is 13.2. The molecule has 4 nitrogen and oxygen atoms in total. The molecule has 112 valence electrons. The Bertz CT molecular complexity index is 626. The van der Waals surface area contributed by atoms with Gasteiger partial charge in [-0.2, -0.15) is 5.10 Å². The van der Waals surface area contributed by atoms with Gasteiger partial charge in [0.1, 0.15) is 11.3 Å². The minimum absolute atomic E-state index is 0.115. The van der Waals surface area contributed by atoms with Crippen LogP contribution >= 0.6 is 11.6 Å². The molecule has 2 rings (SSSR count). The third-order valence-electron chi connectivity index (χ3n) is 2.83. The van der Waals surface area contributed by atoms with Gasteiger partial charge < -0.3 is 4.74 Å². The molecular weight excluding hydrogens is 302 g/mol. The van der Waals surface area contributed by atoms with Crippen LogP contribution in [0.25, 0.3) is 0 Å². The van der Waals surface area contributed by atoms with E-state index in [9.17, 15) is 13.6 Å². The van der Waals surface area contributed by atoms with E-state index >= 15 is 0 Å². The summed E-state index contributed by atoms with van der Waals surface area (Å²) in [7, 11) is 0. The van der Waals surface area contributed by atoms with Gasteiger partial charge in [-0.05, 0) is 24.6 Å². The molecule has 0 N–H and O–H groups in total. The monoisotopic (exact) mass is 314 g/mol. The standard InChI is InChI=1S/C14H13ClF2N2O2/c1-2-21-14(20)11-7-18-19(12(11)13(16)17)8-9-3-5-10(15)6-4-9/h3-7,13H,2,8H2,1H3.